The minimum Gasteiger partial charge on any atom is -0.316 e. The third kappa shape index (κ3) is 2.36. The number of rotatable bonds is 3. The zero-order chi connectivity index (χ0) is 12.4. The topological polar surface area (TPSA) is 29.9 Å². The van der Waals surface area contributed by atoms with Crippen LogP contribution in [0.4, 0.5) is 4.39 Å². The maximum absolute atomic E-state index is 13.8. The van der Waals surface area contributed by atoms with Gasteiger partial charge in [-0.2, -0.15) is 5.10 Å². The van der Waals surface area contributed by atoms with Crippen molar-refractivity contribution in [2.75, 3.05) is 7.05 Å². The van der Waals surface area contributed by atoms with E-state index in [1.807, 2.05) is 33.3 Å². The lowest BCUT2D eigenvalue weighted by atomic mass is 10.0. The summed E-state index contributed by atoms with van der Waals surface area (Å²) in [5.41, 5.74) is 3.37. The molecule has 2 aromatic rings. The van der Waals surface area contributed by atoms with Crippen LogP contribution < -0.4 is 5.32 Å². The van der Waals surface area contributed by atoms with Gasteiger partial charge >= 0.3 is 0 Å². The molecule has 0 aliphatic rings. The molecular weight excluding hydrogens is 217 g/mol. The van der Waals surface area contributed by atoms with Crippen molar-refractivity contribution in [3.05, 3.63) is 41.5 Å². The third-order valence-electron chi connectivity index (χ3n) is 2.72. The molecule has 0 amide bonds. The van der Waals surface area contributed by atoms with E-state index >= 15 is 0 Å². The molecule has 3 nitrogen and oxygen atoms in total. The predicted molar refractivity (Wildman–Crippen MR) is 66.1 cm³/mol. The van der Waals surface area contributed by atoms with E-state index in [9.17, 15) is 4.39 Å². The Kier molecular flexibility index (Phi) is 3.24. The van der Waals surface area contributed by atoms with E-state index in [-0.39, 0.29) is 5.82 Å². The zero-order valence-corrected chi connectivity index (χ0v) is 10.3. The minimum absolute atomic E-state index is 0.207. The highest BCUT2D eigenvalue weighted by atomic mass is 19.1. The fourth-order valence-corrected chi connectivity index (χ4v) is 1.96. The van der Waals surface area contributed by atoms with Gasteiger partial charge in [0.25, 0.3) is 0 Å². The average Bonchev–Trinajstić information content (AvgIpc) is 2.61. The molecule has 0 bridgehead atoms. The van der Waals surface area contributed by atoms with Gasteiger partial charge in [-0.3, -0.25) is 4.68 Å². The first-order chi connectivity index (χ1) is 8.11. The first-order valence-corrected chi connectivity index (χ1v) is 5.55. The van der Waals surface area contributed by atoms with Gasteiger partial charge in [0.05, 0.1) is 5.69 Å². The van der Waals surface area contributed by atoms with Gasteiger partial charge in [-0.1, -0.05) is 6.07 Å². The van der Waals surface area contributed by atoms with Crippen LogP contribution in [0.15, 0.2) is 24.4 Å². The molecule has 0 aliphatic carbocycles. The largest absolute Gasteiger partial charge is 0.316 e. The third-order valence-corrected chi connectivity index (χ3v) is 2.72. The molecule has 1 N–H and O–H groups in total. The van der Waals surface area contributed by atoms with Gasteiger partial charge in [0.15, 0.2) is 0 Å². The molecule has 0 atom stereocenters. The molecule has 0 radical (unpaired) electrons. The molecule has 0 aliphatic heterocycles. The first kappa shape index (κ1) is 11.8. The molecule has 0 fully saturated rings. The van der Waals surface area contributed by atoms with Gasteiger partial charge in [0.1, 0.15) is 5.82 Å². The molecule has 0 unspecified atom stereocenters. The van der Waals surface area contributed by atoms with Crippen LogP contribution in [0.1, 0.15) is 11.3 Å². The Labute approximate surface area is 100 Å². The highest BCUT2D eigenvalue weighted by Crippen LogP contribution is 2.26. The number of benzene rings is 1. The Morgan fingerprint density at radius 2 is 2.12 bits per heavy atom. The molecule has 4 heteroatoms. The second-order valence-corrected chi connectivity index (χ2v) is 4.15. The summed E-state index contributed by atoms with van der Waals surface area (Å²) < 4.78 is 15.5. The second-order valence-electron chi connectivity index (χ2n) is 4.15. The average molecular weight is 233 g/mol. The van der Waals surface area contributed by atoms with Crippen molar-refractivity contribution >= 4 is 0 Å². The van der Waals surface area contributed by atoms with E-state index in [4.69, 9.17) is 0 Å². The number of nitrogens with one attached hydrogen (secondary N) is 1. The standard InChI is InChI=1S/C13H16FN3/c1-9-12(8-17(3)16-9)11-6-10(7-15-2)4-5-13(11)14/h4-6,8,15H,7H2,1-3H3. The Morgan fingerprint density at radius 3 is 2.71 bits per heavy atom. The lowest BCUT2D eigenvalue weighted by Gasteiger charge is -2.05. The van der Waals surface area contributed by atoms with Gasteiger partial charge in [-0.25, -0.2) is 4.39 Å². The van der Waals surface area contributed by atoms with Crippen molar-refractivity contribution in [1.82, 2.24) is 15.1 Å². The summed E-state index contributed by atoms with van der Waals surface area (Å²) in [7, 11) is 3.71. The highest BCUT2D eigenvalue weighted by Gasteiger charge is 2.11. The molecule has 90 valence electrons. The van der Waals surface area contributed by atoms with Crippen LogP contribution in [0.3, 0.4) is 0 Å². The monoisotopic (exact) mass is 233 g/mol. The predicted octanol–water partition coefficient (Wildman–Crippen LogP) is 2.25. The van der Waals surface area contributed by atoms with Crippen molar-refractivity contribution in [3.63, 3.8) is 0 Å². The minimum atomic E-state index is -0.207. The summed E-state index contributed by atoms with van der Waals surface area (Å²) in [6.07, 6.45) is 1.84. The highest BCUT2D eigenvalue weighted by molar-refractivity contribution is 5.66. The lowest BCUT2D eigenvalue weighted by molar-refractivity contribution is 0.630. The van der Waals surface area contributed by atoms with Crippen molar-refractivity contribution in [3.8, 4) is 11.1 Å². The van der Waals surface area contributed by atoms with Crippen molar-refractivity contribution in [2.24, 2.45) is 7.05 Å². The number of nitrogens with zero attached hydrogens (tertiary/aromatic N) is 2. The molecule has 0 saturated carbocycles. The summed E-state index contributed by atoms with van der Waals surface area (Å²) in [6, 6.07) is 5.17. The quantitative estimate of drug-likeness (QED) is 0.881. The number of aryl methyl sites for hydroxylation is 2. The molecule has 0 spiro atoms. The lowest BCUT2D eigenvalue weighted by Crippen LogP contribution is -2.05. The van der Waals surface area contributed by atoms with E-state index in [2.05, 4.69) is 10.4 Å². The summed E-state index contributed by atoms with van der Waals surface area (Å²) in [6.45, 7) is 2.62. The van der Waals surface area contributed by atoms with Crippen LogP contribution in [0, 0.1) is 12.7 Å². The number of halogens is 1. The van der Waals surface area contributed by atoms with Gasteiger partial charge in [0.2, 0.25) is 0 Å². The summed E-state index contributed by atoms with van der Waals surface area (Å²) in [5, 5.41) is 7.30. The van der Waals surface area contributed by atoms with Gasteiger partial charge in [0, 0.05) is 30.9 Å². The van der Waals surface area contributed by atoms with E-state index < -0.39 is 0 Å². The van der Waals surface area contributed by atoms with E-state index in [0.29, 0.717) is 5.56 Å². The Hall–Kier alpha value is -1.68. The van der Waals surface area contributed by atoms with Gasteiger partial charge < -0.3 is 5.32 Å². The SMILES string of the molecule is CNCc1ccc(F)c(-c2cn(C)nc2C)c1. The molecule has 1 aromatic carbocycles. The van der Waals surface area contributed by atoms with Gasteiger partial charge in [-0.05, 0) is 31.7 Å². The molecule has 1 heterocycles. The van der Waals surface area contributed by atoms with Crippen LogP contribution in [0.2, 0.25) is 0 Å². The zero-order valence-electron chi connectivity index (χ0n) is 10.3. The smallest absolute Gasteiger partial charge is 0.131 e. The van der Waals surface area contributed by atoms with Crippen molar-refractivity contribution < 1.29 is 4.39 Å². The molecule has 1 aromatic heterocycles. The first-order valence-electron chi connectivity index (χ1n) is 5.55. The van der Waals surface area contributed by atoms with E-state index in [1.165, 1.54) is 6.07 Å². The summed E-state index contributed by atoms with van der Waals surface area (Å²) in [5.74, 6) is -0.207. The summed E-state index contributed by atoms with van der Waals surface area (Å²) in [4.78, 5) is 0. The normalized spacial score (nSPS) is 10.8. The van der Waals surface area contributed by atoms with Crippen LogP contribution >= 0.6 is 0 Å². The maximum Gasteiger partial charge on any atom is 0.131 e. The van der Waals surface area contributed by atoms with Crippen LogP contribution in [-0.4, -0.2) is 16.8 Å². The van der Waals surface area contributed by atoms with Gasteiger partial charge in [-0.15, -0.1) is 0 Å². The second kappa shape index (κ2) is 4.67. The van der Waals surface area contributed by atoms with Crippen LogP contribution in [-0.2, 0) is 13.6 Å². The maximum atomic E-state index is 13.8. The molecule has 17 heavy (non-hydrogen) atoms. The molecular formula is C13H16FN3. The molecule has 0 saturated heterocycles. The number of hydrogen-bond donors (Lipinski definition) is 1. The Morgan fingerprint density at radius 1 is 1.35 bits per heavy atom. The fraction of sp³-hybridized carbons (Fsp3) is 0.308. The number of aromatic nitrogens is 2. The van der Waals surface area contributed by atoms with Crippen LogP contribution in [0.25, 0.3) is 11.1 Å². The van der Waals surface area contributed by atoms with Crippen molar-refractivity contribution in [1.29, 1.82) is 0 Å². The molecule has 2 rings (SSSR count). The summed E-state index contributed by atoms with van der Waals surface area (Å²) >= 11 is 0. The van der Waals surface area contributed by atoms with Crippen LogP contribution in [0.5, 0.6) is 0 Å². The number of hydrogen-bond acceptors (Lipinski definition) is 2. The Bertz CT molecular complexity index is 531. The van der Waals surface area contributed by atoms with Crippen molar-refractivity contribution in [2.45, 2.75) is 13.5 Å². The Balaban J connectivity index is 2.50. The van der Waals surface area contributed by atoms with E-state index in [0.717, 1.165) is 23.4 Å². The fourth-order valence-electron chi connectivity index (χ4n) is 1.96. The van der Waals surface area contributed by atoms with E-state index in [1.54, 1.807) is 10.7 Å².